The van der Waals surface area contributed by atoms with E-state index in [1.165, 1.54) is 12.4 Å². The monoisotopic (exact) mass is 338 g/mol. The number of H-pyrrole nitrogens is 1. The summed E-state index contributed by atoms with van der Waals surface area (Å²) in [5, 5.41) is 12.7. The minimum Gasteiger partial charge on any atom is -0.444 e. The van der Waals surface area contributed by atoms with Gasteiger partial charge in [-0.05, 0) is 0 Å². The quantitative estimate of drug-likeness (QED) is 0.864. The number of carbonyl (C=O) groups is 1. The van der Waals surface area contributed by atoms with Gasteiger partial charge in [0.25, 0.3) is 5.56 Å². The van der Waals surface area contributed by atoms with Crippen molar-refractivity contribution in [2.45, 2.75) is 12.5 Å². The maximum Gasteiger partial charge on any atom is 0.412 e. The van der Waals surface area contributed by atoms with Gasteiger partial charge in [0.15, 0.2) is 0 Å². The Morgan fingerprint density at radius 3 is 3.09 bits per heavy atom. The largest absolute Gasteiger partial charge is 0.444 e. The minimum absolute atomic E-state index is 0.0838. The summed E-state index contributed by atoms with van der Waals surface area (Å²) in [5.41, 5.74) is 0.659. The second-order valence-corrected chi connectivity index (χ2v) is 5.57. The zero-order chi connectivity index (χ0) is 16.4. The third-order valence-electron chi connectivity index (χ3n) is 3.49. The summed E-state index contributed by atoms with van der Waals surface area (Å²) in [6.45, 7) is 1.07. The highest BCUT2D eigenvalue weighted by Crippen LogP contribution is 2.25. The lowest BCUT2D eigenvalue weighted by Gasteiger charge is -2.18. The van der Waals surface area contributed by atoms with Crippen LogP contribution in [-0.2, 0) is 11.8 Å². The first kappa shape index (κ1) is 15.3. The van der Waals surface area contributed by atoms with Crippen LogP contribution in [-0.4, -0.2) is 45.3 Å². The summed E-state index contributed by atoms with van der Waals surface area (Å²) >= 11 is 5.98. The Labute approximate surface area is 136 Å². The van der Waals surface area contributed by atoms with Crippen molar-refractivity contribution >= 4 is 29.1 Å². The van der Waals surface area contributed by atoms with Crippen LogP contribution in [0.2, 0.25) is 5.02 Å². The Hall–Kier alpha value is -2.55. The highest BCUT2D eigenvalue weighted by molar-refractivity contribution is 6.33. The van der Waals surface area contributed by atoms with Crippen molar-refractivity contribution < 1.29 is 9.53 Å². The molecule has 2 aromatic rings. The van der Waals surface area contributed by atoms with Crippen LogP contribution in [0, 0.1) is 0 Å². The number of hydrogen-bond donors (Lipinski definition) is 2. The molecular weight excluding hydrogens is 324 g/mol. The number of nitrogens with one attached hydrogen (secondary N) is 2. The molecule has 10 heteroatoms. The zero-order valence-corrected chi connectivity index (χ0v) is 13.1. The Bertz CT molecular complexity index is 773. The van der Waals surface area contributed by atoms with Gasteiger partial charge in [-0.3, -0.25) is 14.8 Å². The summed E-state index contributed by atoms with van der Waals surface area (Å²) in [6.07, 6.45) is 4.50. The van der Waals surface area contributed by atoms with E-state index in [9.17, 15) is 9.59 Å². The molecule has 1 fully saturated rings. The molecule has 0 aliphatic carbocycles. The van der Waals surface area contributed by atoms with Gasteiger partial charge in [0, 0.05) is 26.2 Å². The molecule has 0 bridgehead atoms. The van der Waals surface area contributed by atoms with E-state index < -0.39 is 11.7 Å². The van der Waals surface area contributed by atoms with Crippen LogP contribution in [0.3, 0.4) is 0 Å². The molecule has 0 unspecified atom stereocenters. The maximum atomic E-state index is 11.9. The number of nitrogens with zero attached hydrogens (tertiary/aromatic N) is 4. The van der Waals surface area contributed by atoms with Crippen molar-refractivity contribution in [1.29, 1.82) is 0 Å². The molecule has 2 aromatic heterocycles. The smallest absolute Gasteiger partial charge is 0.412 e. The van der Waals surface area contributed by atoms with Crippen molar-refractivity contribution in [2.24, 2.45) is 7.05 Å². The number of aryl methyl sites for hydroxylation is 1. The van der Waals surface area contributed by atoms with Gasteiger partial charge < -0.3 is 9.64 Å². The fraction of sp³-hybridized carbons (Fsp3) is 0.385. The minimum atomic E-state index is -0.542. The number of rotatable bonds is 3. The van der Waals surface area contributed by atoms with E-state index in [0.29, 0.717) is 30.9 Å². The van der Waals surface area contributed by atoms with Crippen LogP contribution in [0.4, 0.5) is 16.2 Å². The van der Waals surface area contributed by atoms with Gasteiger partial charge in [-0.2, -0.15) is 10.2 Å². The maximum absolute atomic E-state index is 11.9. The molecule has 23 heavy (non-hydrogen) atoms. The van der Waals surface area contributed by atoms with Crippen molar-refractivity contribution in [1.82, 2.24) is 20.0 Å². The molecule has 1 saturated heterocycles. The number of hydrogen-bond acceptors (Lipinski definition) is 6. The molecule has 3 heterocycles. The molecule has 9 nitrogen and oxygen atoms in total. The number of ether oxygens (including phenoxy) is 1. The number of amides is 1. The Morgan fingerprint density at radius 2 is 2.35 bits per heavy atom. The molecule has 0 spiro atoms. The Balaban J connectivity index is 1.58. The van der Waals surface area contributed by atoms with Crippen LogP contribution in [0.25, 0.3) is 0 Å². The lowest BCUT2D eigenvalue weighted by molar-refractivity contribution is 0.122. The first-order valence-electron chi connectivity index (χ1n) is 6.97. The number of halogens is 1. The van der Waals surface area contributed by atoms with Crippen LogP contribution in [0.15, 0.2) is 23.4 Å². The Kier molecular flexibility index (Phi) is 4.20. The van der Waals surface area contributed by atoms with Gasteiger partial charge >= 0.3 is 6.09 Å². The van der Waals surface area contributed by atoms with Gasteiger partial charge in [0.2, 0.25) is 0 Å². The van der Waals surface area contributed by atoms with Gasteiger partial charge in [-0.25, -0.2) is 9.89 Å². The van der Waals surface area contributed by atoms with E-state index in [1.54, 1.807) is 17.9 Å². The van der Waals surface area contributed by atoms with E-state index >= 15 is 0 Å². The van der Waals surface area contributed by atoms with E-state index in [-0.39, 0.29) is 11.1 Å². The topological polar surface area (TPSA) is 105 Å². The second kappa shape index (κ2) is 6.29. The lowest BCUT2D eigenvalue weighted by atomic mass is 10.3. The molecule has 1 amide bonds. The van der Waals surface area contributed by atoms with Crippen molar-refractivity contribution in [3.8, 4) is 0 Å². The van der Waals surface area contributed by atoms with Crippen LogP contribution < -0.4 is 15.8 Å². The van der Waals surface area contributed by atoms with Crippen molar-refractivity contribution in [3.05, 3.63) is 34.0 Å². The molecule has 1 atom stereocenters. The molecule has 1 aliphatic rings. The van der Waals surface area contributed by atoms with E-state index in [2.05, 4.69) is 20.6 Å². The van der Waals surface area contributed by atoms with Crippen LogP contribution in [0.1, 0.15) is 6.42 Å². The third-order valence-corrected chi connectivity index (χ3v) is 3.85. The molecule has 0 aromatic carbocycles. The molecule has 1 aliphatic heterocycles. The highest BCUT2D eigenvalue weighted by Gasteiger charge is 2.28. The molecular formula is C13H15ClN6O3. The summed E-state index contributed by atoms with van der Waals surface area (Å²) in [6, 6.07) is 0. The average molecular weight is 339 g/mol. The van der Waals surface area contributed by atoms with Crippen molar-refractivity contribution in [2.75, 3.05) is 23.3 Å². The molecule has 0 radical (unpaired) electrons. The first-order valence-corrected chi connectivity index (χ1v) is 7.35. The number of carbonyl (C=O) groups excluding carboxylic acids is 1. The van der Waals surface area contributed by atoms with Gasteiger partial charge in [-0.1, -0.05) is 11.6 Å². The van der Waals surface area contributed by atoms with Gasteiger partial charge in [0.05, 0.1) is 30.3 Å². The van der Waals surface area contributed by atoms with Gasteiger partial charge in [0.1, 0.15) is 11.1 Å². The SMILES string of the molecule is Cn1cc(NC(=O)O[C@@H]2CCN(c3cn[nH]c(=O)c3Cl)C2)cn1. The summed E-state index contributed by atoms with van der Waals surface area (Å²) in [7, 11) is 1.75. The van der Waals surface area contributed by atoms with E-state index in [1.807, 2.05) is 4.90 Å². The number of aromatic amines is 1. The van der Waals surface area contributed by atoms with E-state index in [0.717, 1.165) is 0 Å². The predicted molar refractivity (Wildman–Crippen MR) is 83.8 cm³/mol. The average Bonchev–Trinajstić information content (AvgIpc) is 3.11. The fourth-order valence-corrected chi connectivity index (χ4v) is 2.63. The first-order chi connectivity index (χ1) is 11.0. The third kappa shape index (κ3) is 3.45. The number of aromatic nitrogens is 4. The highest BCUT2D eigenvalue weighted by atomic mass is 35.5. The van der Waals surface area contributed by atoms with Gasteiger partial charge in [-0.15, -0.1) is 0 Å². The molecule has 0 saturated carbocycles. The van der Waals surface area contributed by atoms with Crippen LogP contribution >= 0.6 is 11.6 Å². The van der Waals surface area contributed by atoms with Crippen LogP contribution in [0.5, 0.6) is 0 Å². The molecule has 3 rings (SSSR count). The van der Waals surface area contributed by atoms with Crippen molar-refractivity contribution in [3.63, 3.8) is 0 Å². The van der Waals surface area contributed by atoms with E-state index in [4.69, 9.17) is 16.3 Å². The summed E-state index contributed by atoms with van der Waals surface area (Å²) in [5.74, 6) is 0. The summed E-state index contributed by atoms with van der Waals surface area (Å²) in [4.78, 5) is 25.2. The fourth-order valence-electron chi connectivity index (χ4n) is 2.42. The number of anilines is 2. The zero-order valence-electron chi connectivity index (χ0n) is 12.3. The normalized spacial score (nSPS) is 17.3. The second-order valence-electron chi connectivity index (χ2n) is 5.19. The Morgan fingerprint density at radius 1 is 1.52 bits per heavy atom. The molecule has 122 valence electrons. The lowest BCUT2D eigenvalue weighted by Crippen LogP contribution is -2.28. The predicted octanol–water partition coefficient (Wildman–Crippen LogP) is 0.984. The summed E-state index contributed by atoms with van der Waals surface area (Å²) < 4.78 is 6.95. The molecule has 2 N–H and O–H groups in total. The standard InChI is InChI=1S/C13H15ClN6O3/c1-19-6-8(4-16-19)17-13(22)23-9-2-3-20(7-9)10-5-15-18-12(21)11(10)14/h4-6,9H,2-3,7H2,1H3,(H,17,22)(H,18,21)/t9-/m1/s1.